The van der Waals surface area contributed by atoms with Crippen LogP contribution in [0, 0.1) is 11.6 Å². The number of anilines is 2. The number of fused-ring (bicyclic) bond motifs is 4. The molecule has 0 aliphatic carbocycles. The number of phenols is 1. The van der Waals surface area contributed by atoms with Gasteiger partial charge in [0, 0.05) is 54.1 Å². The SMILES string of the molecule is CN(C)C1CN(c2nc(N3C[C@H]4CC[C@@H](C3)N4C(=O)OC(C)(C)C)c3cc(Cl)c(-c4cc(O)cc5cccc(F)c45)c(F)c3n2)C1. The van der Waals surface area contributed by atoms with Gasteiger partial charge >= 0.3 is 6.09 Å². The maximum absolute atomic E-state index is 16.9. The zero-order valence-corrected chi connectivity index (χ0v) is 27.3. The summed E-state index contributed by atoms with van der Waals surface area (Å²) in [6.07, 6.45) is 1.32. The summed E-state index contributed by atoms with van der Waals surface area (Å²) in [5.74, 6) is -0.486. The van der Waals surface area contributed by atoms with E-state index in [4.69, 9.17) is 26.3 Å². The molecule has 2 atom stereocenters. The number of amides is 1. The summed E-state index contributed by atoms with van der Waals surface area (Å²) in [5, 5.41) is 11.6. The Labute approximate surface area is 271 Å². The molecule has 46 heavy (non-hydrogen) atoms. The summed E-state index contributed by atoms with van der Waals surface area (Å²) in [6.45, 7) is 7.91. The zero-order valence-electron chi connectivity index (χ0n) is 26.5. The summed E-state index contributed by atoms with van der Waals surface area (Å²) in [4.78, 5) is 30.9. The minimum atomic E-state index is -0.720. The Kier molecular flexibility index (Phi) is 7.39. The van der Waals surface area contributed by atoms with Crippen molar-refractivity contribution in [2.45, 2.75) is 57.3 Å². The van der Waals surface area contributed by atoms with Gasteiger partial charge in [0.15, 0.2) is 5.82 Å². The lowest BCUT2D eigenvalue weighted by Gasteiger charge is -2.44. The van der Waals surface area contributed by atoms with Crippen LogP contribution in [0.4, 0.5) is 25.3 Å². The Morgan fingerprint density at radius 3 is 2.37 bits per heavy atom. The minimum absolute atomic E-state index is 0.0413. The number of likely N-dealkylation sites (N-methyl/N-ethyl adjacent to an activating group) is 1. The molecule has 12 heteroatoms. The van der Waals surface area contributed by atoms with Crippen molar-refractivity contribution in [1.29, 1.82) is 0 Å². The summed E-state index contributed by atoms with van der Waals surface area (Å²) in [5.41, 5.74) is -0.453. The Hall–Kier alpha value is -3.96. The number of nitrogens with zero attached hydrogens (tertiary/aromatic N) is 6. The number of hydrogen-bond acceptors (Lipinski definition) is 8. The predicted molar refractivity (Wildman–Crippen MR) is 176 cm³/mol. The molecule has 0 spiro atoms. The third kappa shape index (κ3) is 5.23. The van der Waals surface area contributed by atoms with Crippen LogP contribution < -0.4 is 9.80 Å². The third-order valence-electron chi connectivity index (χ3n) is 9.29. The molecule has 1 N–H and O–H groups in total. The lowest BCUT2D eigenvalue weighted by molar-refractivity contribution is 0.0123. The molecule has 3 aliphatic rings. The molecule has 1 aromatic heterocycles. The van der Waals surface area contributed by atoms with Gasteiger partial charge in [-0.3, -0.25) is 4.90 Å². The number of hydrogen-bond donors (Lipinski definition) is 1. The van der Waals surface area contributed by atoms with Crippen molar-refractivity contribution < 1.29 is 23.4 Å². The lowest BCUT2D eigenvalue weighted by Crippen LogP contribution is -2.58. The molecule has 3 saturated heterocycles. The number of carbonyl (C=O) groups excluding carboxylic acids is 1. The van der Waals surface area contributed by atoms with Crippen molar-refractivity contribution in [1.82, 2.24) is 19.8 Å². The number of phenolic OH excluding ortho intramolecular Hbond substituents is 1. The van der Waals surface area contributed by atoms with Gasteiger partial charge in [-0.15, -0.1) is 0 Å². The van der Waals surface area contributed by atoms with Crippen molar-refractivity contribution in [3.63, 3.8) is 0 Å². The van der Waals surface area contributed by atoms with Crippen molar-refractivity contribution in [2.75, 3.05) is 50.1 Å². The van der Waals surface area contributed by atoms with Crippen LogP contribution in [0.25, 0.3) is 32.8 Å². The quantitative estimate of drug-likeness (QED) is 0.271. The largest absolute Gasteiger partial charge is 0.508 e. The second-order valence-electron chi connectivity index (χ2n) is 13.8. The maximum atomic E-state index is 16.9. The fraction of sp³-hybridized carbons (Fsp3) is 0.441. The van der Waals surface area contributed by atoms with Crippen LogP contribution in [0.1, 0.15) is 33.6 Å². The van der Waals surface area contributed by atoms with E-state index in [1.54, 1.807) is 12.1 Å². The first-order chi connectivity index (χ1) is 21.8. The van der Waals surface area contributed by atoms with Gasteiger partial charge in [-0.1, -0.05) is 23.7 Å². The standard InChI is InChI=1S/C34H37ClF2N6O3/c1-34(2,3)46-33(45)43-19-9-10-20(43)15-41(14-19)31-24-13-25(35)28(23-12-22(44)11-18-7-6-8-26(36)27(18)23)29(37)30(24)38-32(39-31)42-16-21(17-42)40(4)5/h6-8,11-13,19-21,44H,9-10,14-17H2,1-5H3/t19-,20+. The summed E-state index contributed by atoms with van der Waals surface area (Å²) in [7, 11) is 4.03. The summed E-state index contributed by atoms with van der Waals surface area (Å²) in [6, 6.07) is 9.01. The predicted octanol–water partition coefficient (Wildman–Crippen LogP) is 6.43. The highest BCUT2D eigenvalue weighted by Crippen LogP contribution is 2.44. The Morgan fingerprint density at radius 2 is 1.72 bits per heavy atom. The van der Waals surface area contributed by atoms with Crippen molar-refractivity contribution in [3.05, 3.63) is 53.1 Å². The second kappa shape index (κ2) is 11.1. The first-order valence-corrected chi connectivity index (χ1v) is 16.0. The summed E-state index contributed by atoms with van der Waals surface area (Å²) >= 11 is 6.85. The van der Waals surface area contributed by atoms with E-state index in [2.05, 4.69) is 9.80 Å². The number of ether oxygens (including phenoxy) is 1. The van der Waals surface area contributed by atoms with Crippen LogP contribution in [0.2, 0.25) is 5.02 Å². The summed E-state index contributed by atoms with van der Waals surface area (Å²) < 4.78 is 37.9. The molecule has 3 fully saturated rings. The van der Waals surface area contributed by atoms with Crippen LogP contribution in [-0.2, 0) is 4.74 Å². The number of aromatic nitrogens is 2. The lowest BCUT2D eigenvalue weighted by atomic mass is 9.95. The number of rotatable bonds is 4. The van der Waals surface area contributed by atoms with E-state index in [-0.39, 0.29) is 51.0 Å². The van der Waals surface area contributed by atoms with Crippen LogP contribution in [0.3, 0.4) is 0 Å². The van der Waals surface area contributed by atoms with Crippen LogP contribution in [0.15, 0.2) is 36.4 Å². The Morgan fingerprint density at radius 1 is 1.02 bits per heavy atom. The molecule has 9 nitrogen and oxygen atoms in total. The zero-order chi connectivity index (χ0) is 32.7. The van der Waals surface area contributed by atoms with Gasteiger partial charge in [-0.2, -0.15) is 4.98 Å². The topological polar surface area (TPSA) is 85.3 Å². The number of benzene rings is 3. The van der Waals surface area contributed by atoms with Crippen molar-refractivity contribution >= 4 is 51.1 Å². The van der Waals surface area contributed by atoms with E-state index < -0.39 is 17.2 Å². The molecule has 7 rings (SSSR count). The molecule has 4 heterocycles. The van der Waals surface area contributed by atoms with Crippen LogP contribution in [0.5, 0.6) is 5.75 Å². The first kappa shape index (κ1) is 30.7. The highest BCUT2D eigenvalue weighted by molar-refractivity contribution is 6.35. The van der Waals surface area contributed by atoms with E-state index in [0.717, 1.165) is 12.8 Å². The van der Waals surface area contributed by atoms with Gasteiger partial charge < -0.3 is 24.5 Å². The smallest absolute Gasteiger partial charge is 0.410 e. The average molecular weight is 651 g/mol. The highest BCUT2D eigenvalue weighted by Gasteiger charge is 2.45. The molecule has 3 aliphatic heterocycles. The normalized spacial score (nSPS) is 20.2. The molecule has 0 saturated carbocycles. The van der Waals surface area contributed by atoms with Gasteiger partial charge in [0.2, 0.25) is 5.95 Å². The fourth-order valence-electron chi connectivity index (χ4n) is 7.00. The van der Waals surface area contributed by atoms with E-state index in [0.29, 0.717) is 54.8 Å². The molecule has 3 aromatic carbocycles. The first-order valence-electron chi connectivity index (χ1n) is 15.6. The monoisotopic (exact) mass is 650 g/mol. The fourth-order valence-corrected chi connectivity index (χ4v) is 7.29. The average Bonchev–Trinajstić information content (AvgIpc) is 3.20. The van der Waals surface area contributed by atoms with Gasteiger partial charge in [-0.25, -0.2) is 18.6 Å². The Balaban J connectivity index is 1.36. The van der Waals surface area contributed by atoms with E-state index >= 15 is 8.78 Å². The van der Waals surface area contributed by atoms with E-state index in [1.165, 1.54) is 24.3 Å². The number of carbonyl (C=O) groups is 1. The second-order valence-corrected chi connectivity index (χ2v) is 14.2. The molecule has 1 amide bonds. The van der Waals surface area contributed by atoms with Crippen molar-refractivity contribution in [2.24, 2.45) is 0 Å². The van der Waals surface area contributed by atoms with Gasteiger partial charge in [0.05, 0.1) is 17.1 Å². The van der Waals surface area contributed by atoms with Gasteiger partial charge in [0.1, 0.15) is 28.5 Å². The molecule has 2 bridgehead atoms. The number of piperazine rings is 1. The Bertz CT molecular complexity index is 1860. The molecule has 0 unspecified atom stereocenters. The van der Waals surface area contributed by atoms with Crippen LogP contribution >= 0.6 is 11.6 Å². The van der Waals surface area contributed by atoms with Crippen molar-refractivity contribution in [3.8, 4) is 16.9 Å². The van der Waals surface area contributed by atoms with Crippen LogP contribution in [-0.4, -0.2) is 95.0 Å². The molecule has 242 valence electrons. The van der Waals surface area contributed by atoms with E-state index in [9.17, 15) is 9.90 Å². The molecular weight excluding hydrogens is 614 g/mol. The maximum Gasteiger partial charge on any atom is 0.410 e. The van der Waals surface area contributed by atoms with E-state index in [1.807, 2.05) is 44.7 Å². The molecule has 0 radical (unpaired) electrons. The van der Waals surface area contributed by atoms with Gasteiger partial charge in [0.25, 0.3) is 0 Å². The number of aromatic hydroxyl groups is 1. The third-order valence-corrected chi connectivity index (χ3v) is 9.59. The molecular formula is C34H37ClF2N6O3. The molecule has 4 aromatic rings. The number of halogens is 3. The highest BCUT2D eigenvalue weighted by atomic mass is 35.5. The minimum Gasteiger partial charge on any atom is -0.508 e. The van der Waals surface area contributed by atoms with Gasteiger partial charge in [-0.05, 0) is 77.4 Å².